The highest BCUT2D eigenvalue weighted by atomic mass is 31.2. The molecular weight excluding hydrogens is 353 g/mol. The summed E-state index contributed by atoms with van der Waals surface area (Å²) >= 11 is 0. The van der Waals surface area contributed by atoms with Crippen LogP contribution in [-0.2, 0) is 15.6 Å². The average molecular weight is 373 g/mol. The zero-order valence-corrected chi connectivity index (χ0v) is 15.4. The molecule has 0 radical (unpaired) electrons. The molecule has 2 N–H and O–H groups in total. The number of carbonyl (C=O) groups is 1. The highest BCUT2D eigenvalue weighted by Crippen LogP contribution is 2.40. The summed E-state index contributed by atoms with van der Waals surface area (Å²) in [6, 6.07) is 12.2. The van der Waals surface area contributed by atoms with E-state index in [1.807, 2.05) is 10.6 Å². The highest BCUT2D eigenvalue weighted by Gasteiger charge is 2.21. The van der Waals surface area contributed by atoms with Crippen molar-refractivity contribution in [2.75, 3.05) is 13.7 Å². The Labute approximate surface area is 151 Å². The fraction of sp³-hybridized carbons (Fsp3) is 0.222. The molecular formula is C18H20N3O4P. The zero-order chi connectivity index (χ0) is 18.7. The monoisotopic (exact) mass is 373 g/mol. The van der Waals surface area contributed by atoms with E-state index in [9.17, 15) is 14.3 Å². The summed E-state index contributed by atoms with van der Waals surface area (Å²) in [5, 5.41) is 2.86. The van der Waals surface area contributed by atoms with Gasteiger partial charge < -0.3 is 19.3 Å². The number of nitrogens with one attached hydrogen (secondary N) is 1. The normalized spacial score (nSPS) is 13.5. The third-order valence-corrected chi connectivity index (χ3v) is 5.59. The van der Waals surface area contributed by atoms with Gasteiger partial charge in [-0.3, -0.25) is 9.36 Å². The van der Waals surface area contributed by atoms with E-state index in [0.717, 1.165) is 16.6 Å². The molecule has 1 heterocycles. The Kier molecular flexibility index (Phi) is 5.23. The Morgan fingerprint density at radius 1 is 1.27 bits per heavy atom. The van der Waals surface area contributed by atoms with Crippen molar-refractivity contribution in [3.05, 3.63) is 59.9 Å². The van der Waals surface area contributed by atoms with Gasteiger partial charge in [0.15, 0.2) is 0 Å². The Morgan fingerprint density at radius 2 is 2.00 bits per heavy atom. The number of amides is 1. The first-order valence-electron chi connectivity index (χ1n) is 8.18. The molecule has 0 aliphatic rings. The summed E-state index contributed by atoms with van der Waals surface area (Å²) in [6.45, 7) is 2.41. The summed E-state index contributed by atoms with van der Waals surface area (Å²) in [5.41, 5.74) is 3.16. The van der Waals surface area contributed by atoms with Gasteiger partial charge in [0.25, 0.3) is 5.91 Å². The molecule has 3 rings (SSSR count). The lowest BCUT2D eigenvalue weighted by atomic mass is 10.2. The number of rotatable bonds is 6. The molecule has 1 atom stereocenters. The van der Waals surface area contributed by atoms with Gasteiger partial charge in [-0.1, -0.05) is 12.1 Å². The number of nitrogens with zero attached hydrogens (tertiary/aromatic N) is 2. The van der Waals surface area contributed by atoms with Gasteiger partial charge in [0.1, 0.15) is 0 Å². The molecule has 3 aromatic rings. The molecule has 2 aromatic carbocycles. The van der Waals surface area contributed by atoms with Gasteiger partial charge in [-0.2, -0.15) is 0 Å². The van der Waals surface area contributed by atoms with Crippen molar-refractivity contribution in [1.82, 2.24) is 14.9 Å². The molecule has 1 unspecified atom stereocenters. The Morgan fingerprint density at radius 3 is 2.65 bits per heavy atom. The van der Waals surface area contributed by atoms with Crippen molar-refractivity contribution in [2.45, 2.75) is 13.5 Å². The van der Waals surface area contributed by atoms with E-state index in [1.165, 1.54) is 0 Å². The maximum absolute atomic E-state index is 12.0. The lowest BCUT2D eigenvalue weighted by Gasteiger charge is -2.11. The fourth-order valence-corrected chi connectivity index (χ4v) is 3.74. The fourth-order valence-electron chi connectivity index (χ4n) is 2.71. The topological polar surface area (TPSA) is 93.4 Å². The first-order chi connectivity index (χ1) is 12.4. The van der Waals surface area contributed by atoms with Crippen molar-refractivity contribution in [1.29, 1.82) is 0 Å². The Bertz CT molecular complexity index is 982. The quantitative estimate of drug-likeness (QED) is 0.647. The maximum atomic E-state index is 12.0. The van der Waals surface area contributed by atoms with Gasteiger partial charge in [0, 0.05) is 19.2 Å². The molecule has 1 amide bonds. The van der Waals surface area contributed by atoms with Gasteiger partial charge in [-0.15, -0.1) is 0 Å². The van der Waals surface area contributed by atoms with E-state index in [0.29, 0.717) is 12.1 Å². The second kappa shape index (κ2) is 7.41. The van der Waals surface area contributed by atoms with Gasteiger partial charge in [-0.25, -0.2) is 4.98 Å². The molecule has 0 fully saturated rings. The molecule has 0 saturated carbocycles. The molecule has 0 aliphatic carbocycles. The van der Waals surface area contributed by atoms with Crippen LogP contribution in [0, 0.1) is 0 Å². The first-order valence-corrected chi connectivity index (χ1v) is 9.76. The number of fused-ring (bicyclic) bond motifs is 1. The summed E-state index contributed by atoms with van der Waals surface area (Å²) in [4.78, 5) is 25.9. The minimum Gasteiger partial charge on any atom is -0.355 e. The molecule has 0 aliphatic heterocycles. The number of aromatic nitrogens is 2. The minimum atomic E-state index is -3.75. The van der Waals surface area contributed by atoms with Gasteiger partial charge in [0.05, 0.1) is 29.3 Å². The van der Waals surface area contributed by atoms with Crippen LogP contribution in [0.25, 0.3) is 11.0 Å². The van der Waals surface area contributed by atoms with Crippen LogP contribution in [0.3, 0.4) is 0 Å². The van der Waals surface area contributed by atoms with Crippen molar-refractivity contribution in [2.24, 2.45) is 0 Å². The SMILES string of the molecule is CCOP(=O)(O)c1ccc(Cn2cnc3cc(C(=O)NC)ccc32)cc1. The van der Waals surface area contributed by atoms with E-state index < -0.39 is 7.60 Å². The maximum Gasteiger partial charge on any atom is 0.358 e. The van der Waals surface area contributed by atoms with Crippen molar-refractivity contribution in [3.63, 3.8) is 0 Å². The second-order valence-electron chi connectivity index (χ2n) is 5.76. The van der Waals surface area contributed by atoms with Crippen LogP contribution in [0.1, 0.15) is 22.8 Å². The van der Waals surface area contributed by atoms with Crippen LogP contribution in [0.5, 0.6) is 0 Å². The number of hydrogen-bond acceptors (Lipinski definition) is 4. The lowest BCUT2D eigenvalue weighted by Crippen LogP contribution is -2.17. The number of imidazole rings is 1. The van der Waals surface area contributed by atoms with Crippen LogP contribution in [0.2, 0.25) is 0 Å². The summed E-state index contributed by atoms with van der Waals surface area (Å²) in [7, 11) is -2.16. The van der Waals surface area contributed by atoms with Crippen molar-refractivity contribution in [3.8, 4) is 0 Å². The predicted molar refractivity (Wildman–Crippen MR) is 99.8 cm³/mol. The van der Waals surface area contributed by atoms with Crippen LogP contribution in [0.4, 0.5) is 0 Å². The summed E-state index contributed by atoms with van der Waals surface area (Å²) in [5.74, 6) is -0.153. The smallest absolute Gasteiger partial charge is 0.355 e. The van der Waals surface area contributed by atoms with Crippen molar-refractivity contribution >= 4 is 29.8 Å². The van der Waals surface area contributed by atoms with Gasteiger partial charge in [-0.05, 0) is 42.8 Å². The van der Waals surface area contributed by atoms with Crippen LogP contribution < -0.4 is 10.6 Å². The standard InChI is InChI=1S/C18H20N3O4P/c1-3-25-26(23,24)15-7-4-13(5-8-15)11-21-12-20-16-10-14(18(22)19-2)6-9-17(16)21/h4-10,12H,3,11H2,1-2H3,(H,19,22)(H,23,24). The molecule has 0 spiro atoms. The van der Waals surface area contributed by atoms with E-state index >= 15 is 0 Å². The Balaban J connectivity index is 1.83. The molecule has 7 nitrogen and oxygen atoms in total. The van der Waals surface area contributed by atoms with Crippen molar-refractivity contribution < 1.29 is 18.8 Å². The Hall–Kier alpha value is -2.47. The van der Waals surface area contributed by atoms with E-state index in [-0.39, 0.29) is 17.8 Å². The van der Waals surface area contributed by atoms with Gasteiger partial charge in [0.2, 0.25) is 0 Å². The lowest BCUT2D eigenvalue weighted by molar-refractivity contribution is 0.0963. The summed E-state index contributed by atoms with van der Waals surface area (Å²) in [6.07, 6.45) is 1.71. The molecule has 1 aromatic heterocycles. The van der Waals surface area contributed by atoms with Gasteiger partial charge >= 0.3 is 7.60 Å². The third kappa shape index (κ3) is 3.70. The third-order valence-electron chi connectivity index (χ3n) is 4.03. The van der Waals surface area contributed by atoms with E-state index in [4.69, 9.17) is 4.52 Å². The minimum absolute atomic E-state index is 0.153. The molecule has 0 bridgehead atoms. The van der Waals surface area contributed by atoms with E-state index in [1.54, 1.807) is 56.7 Å². The van der Waals surface area contributed by atoms with Crippen LogP contribution in [0.15, 0.2) is 48.8 Å². The largest absolute Gasteiger partial charge is 0.358 e. The molecule has 26 heavy (non-hydrogen) atoms. The van der Waals surface area contributed by atoms with E-state index in [2.05, 4.69) is 10.3 Å². The summed E-state index contributed by atoms with van der Waals surface area (Å²) < 4.78 is 18.9. The highest BCUT2D eigenvalue weighted by molar-refractivity contribution is 7.61. The molecule has 136 valence electrons. The van der Waals surface area contributed by atoms with Crippen LogP contribution >= 0.6 is 7.60 Å². The number of hydrogen-bond donors (Lipinski definition) is 2. The number of carbonyl (C=O) groups excluding carboxylic acids is 1. The number of benzene rings is 2. The first kappa shape index (κ1) is 18.3. The average Bonchev–Trinajstić information content (AvgIpc) is 3.03. The predicted octanol–water partition coefficient (Wildman–Crippen LogP) is 2.29. The van der Waals surface area contributed by atoms with Crippen LogP contribution in [-0.4, -0.2) is 34.0 Å². The molecule has 8 heteroatoms. The molecule has 0 saturated heterocycles. The second-order valence-corrected chi connectivity index (χ2v) is 7.58. The zero-order valence-electron chi connectivity index (χ0n) is 14.5.